The Hall–Kier alpha value is -2.81. The molecule has 1 aromatic heterocycles. The first-order valence-electron chi connectivity index (χ1n) is 6.19. The van der Waals surface area contributed by atoms with E-state index in [9.17, 15) is 4.79 Å². The van der Waals surface area contributed by atoms with Crippen LogP contribution in [0.2, 0.25) is 0 Å². The summed E-state index contributed by atoms with van der Waals surface area (Å²) >= 11 is 0. The van der Waals surface area contributed by atoms with Gasteiger partial charge in [0.2, 0.25) is 0 Å². The van der Waals surface area contributed by atoms with Gasteiger partial charge in [-0.1, -0.05) is 18.2 Å². The van der Waals surface area contributed by atoms with Crippen molar-refractivity contribution >= 4 is 17.4 Å². The molecular formula is C14H15N5O. The number of nitrogens with zero attached hydrogens (tertiary/aromatic N) is 3. The van der Waals surface area contributed by atoms with Crippen LogP contribution in [0.25, 0.3) is 0 Å². The van der Waals surface area contributed by atoms with Crippen LogP contribution < -0.4 is 11.1 Å². The number of nitrogens with two attached hydrogens (primary N) is 1. The van der Waals surface area contributed by atoms with Gasteiger partial charge in [0.1, 0.15) is 5.56 Å². The van der Waals surface area contributed by atoms with Gasteiger partial charge in [-0.2, -0.15) is 10.4 Å². The fourth-order valence-electron chi connectivity index (χ4n) is 1.77. The smallest absolute Gasteiger partial charge is 0.254 e. The van der Waals surface area contributed by atoms with Gasteiger partial charge in [-0.3, -0.25) is 9.48 Å². The average Bonchev–Trinajstić information content (AvgIpc) is 2.84. The summed E-state index contributed by atoms with van der Waals surface area (Å²) in [6, 6.07) is 11.3. The minimum Gasteiger partial charge on any atom is -0.365 e. The predicted octanol–water partition coefficient (Wildman–Crippen LogP) is 2.20. The first-order chi connectivity index (χ1) is 9.61. The van der Waals surface area contributed by atoms with Crippen molar-refractivity contribution in [2.24, 2.45) is 5.73 Å². The quantitative estimate of drug-likeness (QED) is 0.869. The highest BCUT2D eigenvalue weighted by Gasteiger charge is 2.16. The number of benzene rings is 1. The number of aromatic nitrogens is 2. The van der Waals surface area contributed by atoms with E-state index in [1.54, 1.807) is 10.9 Å². The van der Waals surface area contributed by atoms with Crippen LogP contribution in [0, 0.1) is 11.3 Å². The number of rotatable bonds is 5. The fraction of sp³-hybridized carbons (Fsp3) is 0.214. The summed E-state index contributed by atoms with van der Waals surface area (Å²) in [7, 11) is 0. The van der Waals surface area contributed by atoms with Crippen LogP contribution in [0.4, 0.5) is 11.5 Å². The molecule has 0 aliphatic heterocycles. The van der Waals surface area contributed by atoms with Gasteiger partial charge in [0, 0.05) is 11.9 Å². The number of hydrogen-bond acceptors (Lipinski definition) is 4. The summed E-state index contributed by atoms with van der Waals surface area (Å²) < 4.78 is 1.58. The summed E-state index contributed by atoms with van der Waals surface area (Å²) in [4.78, 5) is 11.5. The summed E-state index contributed by atoms with van der Waals surface area (Å²) in [5.41, 5.74) is 6.48. The van der Waals surface area contributed by atoms with Crippen LogP contribution in [-0.2, 0) is 0 Å². The van der Waals surface area contributed by atoms with E-state index in [0.717, 1.165) is 5.69 Å². The molecule has 1 amide bonds. The van der Waals surface area contributed by atoms with Crippen molar-refractivity contribution < 1.29 is 4.79 Å². The van der Waals surface area contributed by atoms with Crippen LogP contribution in [0.3, 0.4) is 0 Å². The number of nitriles is 1. The van der Waals surface area contributed by atoms with Gasteiger partial charge in [0.25, 0.3) is 5.91 Å². The molecule has 1 atom stereocenters. The molecule has 0 spiro atoms. The standard InChI is InChI=1S/C14H15N5O/c1-10(7-8-15)19-9-12(13(16)20)14(18-19)17-11-5-3-2-4-6-11/h2-6,9-10H,7H2,1H3,(H2,16,20)(H,17,18)/t10-/m1/s1. The van der Waals surface area contributed by atoms with Crippen molar-refractivity contribution in [3.05, 3.63) is 42.1 Å². The molecule has 0 aliphatic carbocycles. The van der Waals surface area contributed by atoms with Gasteiger partial charge in [-0.05, 0) is 19.1 Å². The molecule has 2 rings (SSSR count). The van der Waals surface area contributed by atoms with E-state index >= 15 is 0 Å². The van der Waals surface area contributed by atoms with Crippen molar-refractivity contribution in [1.82, 2.24) is 9.78 Å². The van der Waals surface area contributed by atoms with Crippen LogP contribution in [0.15, 0.2) is 36.5 Å². The number of primary amides is 1. The first-order valence-corrected chi connectivity index (χ1v) is 6.19. The van der Waals surface area contributed by atoms with E-state index in [4.69, 9.17) is 11.0 Å². The van der Waals surface area contributed by atoms with Gasteiger partial charge < -0.3 is 11.1 Å². The summed E-state index contributed by atoms with van der Waals surface area (Å²) in [5.74, 6) is -0.160. The predicted molar refractivity (Wildman–Crippen MR) is 75.4 cm³/mol. The lowest BCUT2D eigenvalue weighted by Crippen LogP contribution is -2.12. The molecule has 0 radical (unpaired) electrons. The van der Waals surface area contributed by atoms with E-state index in [0.29, 0.717) is 17.8 Å². The number of carbonyl (C=O) groups is 1. The molecule has 102 valence electrons. The lowest BCUT2D eigenvalue weighted by atomic mass is 10.2. The molecule has 1 heterocycles. The molecule has 2 aromatic rings. The molecule has 0 saturated carbocycles. The highest BCUT2D eigenvalue weighted by atomic mass is 16.1. The molecule has 0 aliphatic rings. The Bertz CT molecular complexity index is 641. The maximum atomic E-state index is 11.5. The zero-order chi connectivity index (χ0) is 14.5. The second kappa shape index (κ2) is 5.89. The van der Waals surface area contributed by atoms with Gasteiger partial charge in [-0.25, -0.2) is 0 Å². The number of para-hydroxylation sites is 1. The largest absolute Gasteiger partial charge is 0.365 e. The Labute approximate surface area is 116 Å². The van der Waals surface area contributed by atoms with Crippen molar-refractivity contribution in [3.8, 4) is 6.07 Å². The maximum absolute atomic E-state index is 11.5. The SMILES string of the molecule is C[C@H](CC#N)n1cc(C(N)=O)c(Nc2ccccc2)n1. The van der Waals surface area contributed by atoms with Gasteiger partial charge >= 0.3 is 0 Å². The summed E-state index contributed by atoms with van der Waals surface area (Å²) in [6.45, 7) is 1.85. The van der Waals surface area contributed by atoms with Crippen LogP contribution >= 0.6 is 0 Å². The number of amides is 1. The van der Waals surface area contributed by atoms with E-state index in [-0.39, 0.29) is 6.04 Å². The molecule has 0 bridgehead atoms. The Morgan fingerprint density at radius 3 is 2.80 bits per heavy atom. The second-order valence-corrected chi connectivity index (χ2v) is 4.44. The van der Waals surface area contributed by atoms with Gasteiger partial charge in [0.05, 0.1) is 18.5 Å². The molecule has 6 heteroatoms. The lowest BCUT2D eigenvalue weighted by molar-refractivity contribution is 0.100. The fourth-order valence-corrected chi connectivity index (χ4v) is 1.77. The average molecular weight is 269 g/mol. The van der Waals surface area contributed by atoms with Crippen LogP contribution in [0.1, 0.15) is 29.7 Å². The summed E-state index contributed by atoms with van der Waals surface area (Å²) in [5, 5.41) is 16.1. The van der Waals surface area contributed by atoms with E-state index < -0.39 is 5.91 Å². The molecule has 3 N–H and O–H groups in total. The van der Waals surface area contributed by atoms with Crippen molar-refractivity contribution in [2.75, 3.05) is 5.32 Å². The number of carbonyl (C=O) groups excluding carboxylic acids is 1. The van der Waals surface area contributed by atoms with Crippen LogP contribution in [0.5, 0.6) is 0 Å². The van der Waals surface area contributed by atoms with Crippen molar-refractivity contribution in [3.63, 3.8) is 0 Å². The highest BCUT2D eigenvalue weighted by Crippen LogP contribution is 2.21. The van der Waals surface area contributed by atoms with E-state index in [1.807, 2.05) is 37.3 Å². The minimum absolute atomic E-state index is 0.121. The lowest BCUT2D eigenvalue weighted by Gasteiger charge is -2.07. The normalized spacial score (nSPS) is 11.6. The third-order valence-electron chi connectivity index (χ3n) is 2.87. The Kier molecular flexibility index (Phi) is 4.01. The third-order valence-corrected chi connectivity index (χ3v) is 2.87. The zero-order valence-electron chi connectivity index (χ0n) is 11.1. The van der Waals surface area contributed by atoms with E-state index in [1.165, 1.54) is 0 Å². The Morgan fingerprint density at radius 2 is 2.20 bits per heavy atom. The first kappa shape index (κ1) is 13.6. The van der Waals surface area contributed by atoms with Crippen molar-refractivity contribution in [2.45, 2.75) is 19.4 Å². The van der Waals surface area contributed by atoms with Gasteiger partial charge in [-0.15, -0.1) is 0 Å². The molecule has 0 unspecified atom stereocenters. The van der Waals surface area contributed by atoms with Gasteiger partial charge in [0.15, 0.2) is 5.82 Å². The topological polar surface area (TPSA) is 96.7 Å². The third kappa shape index (κ3) is 2.95. The van der Waals surface area contributed by atoms with Crippen LogP contribution in [-0.4, -0.2) is 15.7 Å². The Morgan fingerprint density at radius 1 is 1.50 bits per heavy atom. The zero-order valence-corrected chi connectivity index (χ0v) is 11.1. The molecular weight excluding hydrogens is 254 g/mol. The highest BCUT2D eigenvalue weighted by molar-refractivity contribution is 5.98. The summed E-state index contributed by atoms with van der Waals surface area (Å²) in [6.07, 6.45) is 1.88. The molecule has 20 heavy (non-hydrogen) atoms. The molecule has 6 nitrogen and oxygen atoms in total. The number of hydrogen-bond donors (Lipinski definition) is 2. The van der Waals surface area contributed by atoms with Crippen molar-refractivity contribution in [1.29, 1.82) is 5.26 Å². The van der Waals surface area contributed by atoms with E-state index in [2.05, 4.69) is 16.5 Å². The maximum Gasteiger partial charge on any atom is 0.254 e. The number of nitrogens with one attached hydrogen (secondary N) is 1. The molecule has 0 fully saturated rings. The minimum atomic E-state index is -0.557. The second-order valence-electron chi connectivity index (χ2n) is 4.44. The monoisotopic (exact) mass is 269 g/mol. The molecule has 1 aromatic carbocycles. The number of anilines is 2. The Balaban J connectivity index is 2.32. The molecule has 0 saturated heterocycles.